The van der Waals surface area contributed by atoms with E-state index in [1.165, 1.54) is 0 Å². The lowest BCUT2D eigenvalue weighted by atomic mass is 9.58. The molecule has 56 aliphatic rings. The molecule has 0 aromatic carbocycles. The zero-order chi connectivity index (χ0) is 71.7. The molecule has 0 aliphatic heterocycles. The molecule has 0 atom stereocenters. The summed E-state index contributed by atoms with van der Waals surface area (Å²) in [7, 11) is 0. The van der Waals surface area contributed by atoms with Crippen LogP contribution in [0.4, 0.5) is 0 Å². The van der Waals surface area contributed by atoms with Crippen molar-refractivity contribution in [2.45, 2.75) is 462 Å². The van der Waals surface area contributed by atoms with Crippen LogP contribution in [0.3, 0.4) is 0 Å². The molecular formula is C108H180. The molecule has 0 radical (unpaired) electrons. The topological polar surface area (TPSA) is 0 Å². The summed E-state index contributed by atoms with van der Waals surface area (Å²) in [4.78, 5) is 0. The lowest BCUT2D eigenvalue weighted by Gasteiger charge is -2.48. The predicted octanol–water partition coefficient (Wildman–Crippen LogP) is 32.5. The molecule has 56 rings (SSSR count). The van der Waals surface area contributed by atoms with Gasteiger partial charge in [0.2, 0.25) is 0 Å². The normalized spacial score (nSPS) is 52.0. The first-order valence-electron chi connectivity index (χ1n) is 53.3. The molecule has 0 amide bonds. The number of hydrogen-bond acceptors (Lipinski definition) is 0. The summed E-state index contributed by atoms with van der Waals surface area (Å²) >= 11 is 0. The van der Waals surface area contributed by atoms with Crippen LogP contribution in [-0.2, 0) is 0 Å². The molecule has 56 saturated carbocycles. The zero-order valence-corrected chi connectivity index (χ0v) is 71.7. The highest BCUT2D eigenvalue weighted by molar-refractivity contribution is 5.00. The summed E-state index contributed by atoms with van der Waals surface area (Å²) in [5, 5.41) is 0. The molecule has 0 spiro atoms. The van der Waals surface area contributed by atoms with E-state index in [1.807, 2.05) is 0 Å². The minimum absolute atomic E-state index is 1.07. The van der Waals surface area contributed by atoms with Crippen molar-refractivity contribution in [2.24, 2.45) is 213 Å². The molecule has 612 valence electrons. The molecule has 108 heavy (non-hydrogen) atoms. The average Bonchev–Trinajstić information content (AvgIpc) is 0.816. The Bertz CT molecular complexity index is 1930. The van der Waals surface area contributed by atoms with Crippen molar-refractivity contribution in [1.29, 1.82) is 0 Å². The Balaban J connectivity index is 0.596. The average molecular weight is 1480 g/mol. The van der Waals surface area contributed by atoms with Crippen molar-refractivity contribution < 1.29 is 0 Å². The lowest BCUT2D eigenvalue weighted by Crippen LogP contribution is -2.37. The highest BCUT2D eigenvalue weighted by Crippen LogP contribution is 2.60. The molecule has 0 saturated heterocycles. The first kappa shape index (κ1) is 77.9. The van der Waals surface area contributed by atoms with Crippen molar-refractivity contribution >= 4 is 0 Å². The Morgan fingerprint density at radius 2 is 0.111 bits per heavy atom. The van der Waals surface area contributed by atoms with E-state index >= 15 is 0 Å². The van der Waals surface area contributed by atoms with E-state index in [2.05, 4.69) is 0 Å². The minimum Gasteiger partial charge on any atom is -0.0502 e. The first-order chi connectivity index (χ1) is 53.3. The molecule has 0 heterocycles. The van der Waals surface area contributed by atoms with Crippen LogP contribution >= 0.6 is 0 Å². The van der Waals surface area contributed by atoms with Gasteiger partial charge in [0.15, 0.2) is 0 Å². The van der Waals surface area contributed by atoms with Crippen molar-refractivity contribution in [3.05, 3.63) is 0 Å². The summed E-state index contributed by atoms with van der Waals surface area (Å²) < 4.78 is 0. The Hall–Kier alpha value is 0. The molecule has 56 fully saturated rings. The van der Waals surface area contributed by atoms with Crippen LogP contribution in [0.1, 0.15) is 462 Å². The van der Waals surface area contributed by atoms with Crippen molar-refractivity contribution in [2.75, 3.05) is 0 Å². The Labute approximate surface area is 671 Å². The van der Waals surface area contributed by atoms with Crippen LogP contribution < -0.4 is 0 Å². The van der Waals surface area contributed by atoms with Crippen molar-refractivity contribution in [1.82, 2.24) is 0 Å². The van der Waals surface area contributed by atoms with E-state index in [4.69, 9.17) is 0 Å². The highest BCUT2D eigenvalue weighted by atomic mass is 14.5. The fraction of sp³-hybridized carbons (Fsp3) is 1.00. The van der Waals surface area contributed by atoms with Gasteiger partial charge >= 0.3 is 0 Å². The summed E-state index contributed by atoms with van der Waals surface area (Å²) in [6.07, 6.45) is 117. The molecule has 36 bridgehead atoms. The summed E-state index contributed by atoms with van der Waals surface area (Å²) in [5.41, 5.74) is 0. The predicted molar refractivity (Wildman–Crippen MR) is 458 cm³/mol. The molecule has 0 aromatic rings. The second-order valence-electron chi connectivity index (χ2n) is 48.8. The maximum absolute atomic E-state index is 1.67. The SMILES string of the molecule is C1CC2CCC(CC2)C2CC3CC(C2)C2CCC(CCC4CCC(CC4)C4CC5CC(C4)C4CCC(CCC6CCC(CC6)C6CC(CC(C6)C6CCC(CCC7CCC3CC7)CC6)C3CCC(CCC6CCC(CC6)C6CC(CC(C6)C6CCC(CCC7CCC5CC7)CC6)C5CCC1CC5)CC3)CC4)CC2. The van der Waals surface area contributed by atoms with Gasteiger partial charge in [0, 0.05) is 0 Å². The maximum atomic E-state index is 1.67. The monoisotopic (exact) mass is 1480 g/mol. The maximum Gasteiger partial charge on any atom is -0.0380 e. The van der Waals surface area contributed by atoms with E-state index in [0.29, 0.717) is 0 Å². The number of hydrogen-bond donors (Lipinski definition) is 0. The van der Waals surface area contributed by atoms with E-state index < -0.39 is 0 Å². The fourth-order valence-electron chi connectivity index (χ4n) is 36.6. The van der Waals surface area contributed by atoms with Crippen molar-refractivity contribution in [3.8, 4) is 0 Å². The van der Waals surface area contributed by atoms with Crippen LogP contribution in [0, 0.1) is 213 Å². The van der Waals surface area contributed by atoms with Gasteiger partial charge in [-0.05, 0) is 444 Å². The van der Waals surface area contributed by atoms with Crippen LogP contribution in [0.2, 0.25) is 0 Å². The third kappa shape index (κ3) is 19.3. The summed E-state index contributed by atoms with van der Waals surface area (Å²) in [6.45, 7) is 0. The molecule has 0 N–H and O–H groups in total. The first-order valence-corrected chi connectivity index (χ1v) is 53.3. The quantitative estimate of drug-likeness (QED) is 0.227. The van der Waals surface area contributed by atoms with Crippen LogP contribution in [0.15, 0.2) is 0 Å². The van der Waals surface area contributed by atoms with Gasteiger partial charge in [-0.15, -0.1) is 0 Å². The largest absolute Gasteiger partial charge is 0.0502 e. The number of rotatable bonds is 0. The van der Waals surface area contributed by atoms with Crippen LogP contribution in [0.25, 0.3) is 0 Å². The van der Waals surface area contributed by atoms with E-state index in [-0.39, 0.29) is 0 Å². The standard InChI is InChI=1S/C108H180/c1-2-74-15-39-86(40-16-74)98-63-101-66-102(64-98)90-47-23-78(24-48-90)8-10-82-31-55-94(56-32-82)106-68-104-70-108(72-106)96-59-35-84(36-60-96)12-11-83-33-57-95(58-34-83)107-69-103(67-105(71-107)93-53-29-81(30-54-93)9-7-77-21-45-89(101)46-22-77)91-49-25-79(26-50-91)5-3-75-17-41-87(42-18-75)99-61-97(85-37-13-73(1)14-38-85)62-100(65-99)88-43-19-76(20-44-88)4-6-80-27-51-92(104)52-28-80/h73-108H,1-72H2. The van der Waals surface area contributed by atoms with Gasteiger partial charge in [0.25, 0.3) is 0 Å². The summed E-state index contributed by atoms with van der Waals surface area (Å²) in [5.74, 6) is 38.7. The Morgan fingerprint density at radius 1 is 0.0556 bits per heavy atom. The Kier molecular flexibility index (Phi) is 26.8. The molecular weight excluding hydrogens is 1300 g/mol. The fourth-order valence-corrected chi connectivity index (χ4v) is 36.6. The van der Waals surface area contributed by atoms with Gasteiger partial charge in [-0.25, -0.2) is 0 Å². The molecule has 56 aliphatic carbocycles. The highest BCUT2D eigenvalue weighted by Gasteiger charge is 2.49. The van der Waals surface area contributed by atoms with Gasteiger partial charge in [-0.3, -0.25) is 0 Å². The Morgan fingerprint density at radius 3 is 0.176 bits per heavy atom. The molecule has 0 aromatic heterocycles. The van der Waals surface area contributed by atoms with E-state index in [9.17, 15) is 0 Å². The summed E-state index contributed by atoms with van der Waals surface area (Å²) in [6, 6.07) is 0. The van der Waals surface area contributed by atoms with E-state index in [0.717, 1.165) is 213 Å². The second-order valence-corrected chi connectivity index (χ2v) is 48.8. The van der Waals surface area contributed by atoms with Gasteiger partial charge in [-0.2, -0.15) is 0 Å². The van der Waals surface area contributed by atoms with Crippen LogP contribution in [-0.4, -0.2) is 0 Å². The van der Waals surface area contributed by atoms with Gasteiger partial charge in [-0.1, -0.05) is 231 Å². The second kappa shape index (κ2) is 37.1. The minimum atomic E-state index is 1.07. The van der Waals surface area contributed by atoms with Gasteiger partial charge in [0.1, 0.15) is 0 Å². The van der Waals surface area contributed by atoms with E-state index in [1.54, 1.807) is 462 Å². The van der Waals surface area contributed by atoms with Crippen LogP contribution in [0.5, 0.6) is 0 Å². The van der Waals surface area contributed by atoms with Gasteiger partial charge in [0.05, 0.1) is 0 Å². The van der Waals surface area contributed by atoms with Gasteiger partial charge < -0.3 is 0 Å². The molecule has 0 heteroatoms. The molecule has 0 nitrogen and oxygen atoms in total. The third-order valence-corrected chi connectivity index (χ3v) is 43.9. The van der Waals surface area contributed by atoms with Crippen molar-refractivity contribution in [3.63, 3.8) is 0 Å². The lowest BCUT2D eigenvalue weighted by molar-refractivity contribution is 0.0280. The zero-order valence-electron chi connectivity index (χ0n) is 71.7. The smallest absolute Gasteiger partial charge is 0.0380 e. The third-order valence-electron chi connectivity index (χ3n) is 43.9. The molecule has 0 unspecified atom stereocenters.